The quantitative estimate of drug-likeness (QED) is 0.764. The van der Waals surface area contributed by atoms with Crippen molar-refractivity contribution in [2.75, 3.05) is 17.2 Å². The summed E-state index contributed by atoms with van der Waals surface area (Å²) in [7, 11) is 0. The van der Waals surface area contributed by atoms with Gasteiger partial charge in [0.2, 0.25) is 0 Å². The van der Waals surface area contributed by atoms with E-state index in [0.29, 0.717) is 18.7 Å². The summed E-state index contributed by atoms with van der Waals surface area (Å²) >= 11 is 0. The Hall–Kier alpha value is -1.75. The molecule has 5 heteroatoms. The molecule has 4 N–H and O–H groups in total. The number of amides is 1. The van der Waals surface area contributed by atoms with Crippen LogP contribution in [-0.4, -0.2) is 24.8 Å². The predicted octanol–water partition coefficient (Wildman–Crippen LogP) is 2.16. The third-order valence-corrected chi connectivity index (χ3v) is 2.95. The van der Waals surface area contributed by atoms with E-state index in [-0.39, 0.29) is 0 Å². The van der Waals surface area contributed by atoms with Crippen LogP contribution < -0.4 is 16.4 Å². The van der Waals surface area contributed by atoms with E-state index in [2.05, 4.69) is 10.6 Å². The first-order valence-corrected chi connectivity index (χ1v) is 6.23. The largest absolute Gasteiger partial charge is 0.450 e. The molecule has 0 spiro atoms. The van der Waals surface area contributed by atoms with Crippen LogP contribution in [0.5, 0.6) is 0 Å². The first-order chi connectivity index (χ1) is 8.67. The van der Waals surface area contributed by atoms with Crippen LogP contribution in [-0.2, 0) is 4.74 Å². The maximum Gasteiger partial charge on any atom is 0.411 e. The zero-order chi connectivity index (χ0) is 13.0. The highest BCUT2D eigenvalue weighted by molar-refractivity contribution is 5.84. The smallest absolute Gasteiger partial charge is 0.411 e. The number of hydrogen-bond acceptors (Lipinski definition) is 4. The summed E-state index contributed by atoms with van der Waals surface area (Å²) in [6.07, 6.45) is 1.61. The van der Waals surface area contributed by atoms with Crippen molar-refractivity contribution >= 4 is 17.5 Å². The van der Waals surface area contributed by atoms with Gasteiger partial charge in [-0.05, 0) is 44.0 Å². The van der Waals surface area contributed by atoms with Gasteiger partial charge < -0.3 is 15.8 Å². The average Bonchev–Trinajstić information content (AvgIpc) is 2.30. The summed E-state index contributed by atoms with van der Waals surface area (Å²) in [6.45, 7) is 2.14. The van der Waals surface area contributed by atoms with Gasteiger partial charge in [0.25, 0.3) is 0 Å². The van der Waals surface area contributed by atoms with Gasteiger partial charge in [0.05, 0.1) is 6.61 Å². The van der Waals surface area contributed by atoms with Crippen LogP contribution in [0.3, 0.4) is 0 Å². The molecule has 0 radical (unpaired) electrons. The van der Waals surface area contributed by atoms with Gasteiger partial charge in [0.15, 0.2) is 0 Å². The number of nitrogens with one attached hydrogen (secondary N) is 2. The van der Waals surface area contributed by atoms with E-state index in [4.69, 9.17) is 10.5 Å². The molecular weight excluding hydrogens is 230 g/mol. The minimum atomic E-state index is -0.428. The third kappa shape index (κ3) is 3.37. The maximum atomic E-state index is 11.2. The monoisotopic (exact) mass is 249 g/mol. The number of carbonyl (C=O) groups is 1. The number of hydrogen-bond donors (Lipinski definition) is 3. The molecule has 1 aromatic carbocycles. The molecule has 0 aliphatic heterocycles. The van der Waals surface area contributed by atoms with Gasteiger partial charge >= 0.3 is 6.09 Å². The van der Waals surface area contributed by atoms with Crippen LogP contribution in [0.4, 0.5) is 16.2 Å². The highest BCUT2D eigenvalue weighted by Gasteiger charge is 2.25. The number of anilines is 2. The van der Waals surface area contributed by atoms with Crippen molar-refractivity contribution in [2.45, 2.75) is 31.8 Å². The lowest BCUT2D eigenvalue weighted by molar-refractivity contribution is 0.168. The Morgan fingerprint density at radius 2 is 1.94 bits per heavy atom. The minimum absolute atomic E-state index is 0.340. The van der Waals surface area contributed by atoms with Gasteiger partial charge in [0.1, 0.15) is 0 Å². The van der Waals surface area contributed by atoms with Crippen molar-refractivity contribution < 1.29 is 9.53 Å². The Bertz CT molecular complexity index is 399. The van der Waals surface area contributed by atoms with Crippen LogP contribution in [0.15, 0.2) is 24.3 Å². The van der Waals surface area contributed by atoms with E-state index < -0.39 is 6.09 Å². The van der Waals surface area contributed by atoms with Crippen LogP contribution in [0.2, 0.25) is 0 Å². The average molecular weight is 249 g/mol. The topological polar surface area (TPSA) is 76.4 Å². The Morgan fingerprint density at radius 3 is 2.50 bits per heavy atom. The second kappa shape index (κ2) is 5.73. The molecule has 1 saturated carbocycles. The fourth-order valence-corrected chi connectivity index (χ4v) is 1.95. The summed E-state index contributed by atoms with van der Waals surface area (Å²) in [4.78, 5) is 11.2. The maximum absolute atomic E-state index is 11.2. The van der Waals surface area contributed by atoms with E-state index in [1.165, 1.54) is 0 Å². The van der Waals surface area contributed by atoms with Gasteiger partial charge in [-0.3, -0.25) is 5.32 Å². The van der Waals surface area contributed by atoms with Crippen molar-refractivity contribution in [1.82, 2.24) is 0 Å². The molecule has 1 aliphatic carbocycles. The van der Waals surface area contributed by atoms with Crippen molar-refractivity contribution in [2.24, 2.45) is 5.73 Å². The summed E-state index contributed by atoms with van der Waals surface area (Å²) in [5.74, 6) is 0. The molecule has 0 saturated heterocycles. The summed E-state index contributed by atoms with van der Waals surface area (Å²) < 4.78 is 4.80. The van der Waals surface area contributed by atoms with Gasteiger partial charge in [-0.2, -0.15) is 0 Å². The van der Waals surface area contributed by atoms with Crippen molar-refractivity contribution in [1.29, 1.82) is 0 Å². The zero-order valence-electron chi connectivity index (χ0n) is 10.5. The molecule has 1 fully saturated rings. The minimum Gasteiger partial charge on any atom is -0.450 e. The molecule has 0 atom stereocenters. The molecule has 0 aromatic heterocycles. The molecule has 0 heterocycles. The second-order valence-corrected chi connectivity index (χ2v) is 4.50. The molecule has 2 rings (SSSR count). The van der Waals surface area contributed by atoms with Crippen molar-refractivity contribution in [3.05, 3.63) is 24.3 Å². The molecule has 5 nitrogen and oxygen atoms in total. The molecule has 1 amide bonds. The molecule has 1 aromatic rings. The lowest BCUT2D eigenvalue weighted by Gasteiger charge is -2.33. The summed E-state index contributed by atoms with van der Waals surface area (Å²) in [5, 5.41) is 6.04. The lowest BCUT2D eigenvalue weighted by Crippen LogP contribution is -2.44. The van der Waals surface area contributed by atoms with E-state index in [1.54, 1.807) is 6.92 Å². The second-order valence-electron chi connectivity index (χ2n) is 4.50. The molecule has 0 bridgehead atoms. The Balaban J connectivity index is 1.83. The first kappa shape index (κ1) is 12.7. The molecule has 98 valence electrons. The fraction of sp³-hybridized carbons (Fsp3) is 0.462. The highest BCUT2D eigenvalue weighted by atomic mass is 16.5. The SMILES string of the molecule is CCOC(=O)Nc1ccc(NC2CC(N)C2)cc1. The number of rotatable bonds is 4. The van der Waals surface area contributed by atoms with Crippen molar-refractivity contribution in [3.63, 3.8) is 0 Å². The summed E-state index contributed by atoms with van der Waals surface area (Å²) in [5.41, 5.74) is 7.50. The lowest BCUT2D eigenvalue weighted by atomic mass is 9.87. The Morgan fingerprint density at radius 1 is 1.33 bits per heavy atom. The first-order valence-electron chi connectivity index (χ1n) is 6.23. The van der Waals surface area contributed by atoms with E-state index in [9.17, 15) is 4.79 Å². The normalized spacial score (nSPS) is 21.9. The summed E-state index contributed by atoms with van der Waals surface area (Å²) in [6, 6.07) is 8.38. The Labute approximate surface area is 107 Å². The van der Waals surface area contributed by atoms with Gasteiger partial charge in [-0.15, -0.1) is 0 Å². The standard InChI is InChI=1S/C13H19N3O2/c1-2-18-13(17)16-11-5-3-10(4-6-11)15-12-7-9(14)8-12/h3-6,9,12,15H,2,7-8,14H2,1H3,(H,16,17). The predicted molar refractivity (Wildman–Crippen MR) is 71.7 cm³/mol. The zero-order valence-corrected chi connectivity index (χ0v) is 10.5. The fourth-order valence-electron chi connectivity index (χ4n) is 1.95. The Kier molecular flexibility index (Phi) is 4.04. The highest BCUT2D eigenvalue weighted by Crippen LogP contribution is 2.23. The van der Waals surface area contributed by atoms with Crippen LogP contribution >= 0.6 is 0 Å². The number of benzene rings is 1. The number of nitrogens with two attached hydrogens (primary N) is 1. The van der Waals surface area contributed by atoms with Gasteiger partial charge in [0, 0.05) is 23.5 Å². The molecule has 1 aliphatic rings. The van der Waals surface area contributed by atoms with Gasteiger partial charge in [-0.1, -0.05) is 0 Å². The van der Waals surface area contributed by atoms with Crippen molar-refractivity contribution in [3.8, 4) is 0 Å². The number of carbonyl (C=O) groups excluding carboxylic acids is 1. The van der Waals surface area contributed by atoms with E-state index in [0.717, 1.165) is 24.2 Å². The van der Waals surface area contributed by atoms with Gasteiger partial charge in [-0.25, -0.2) is 4.79 Å². The third-order valence-electron chi connectivity index (χ3n) is 2.95. The van der Waals surface area contributed by atoms with Crippen LogP contribution in [0.1, 0.15) is 19.8 Å². The van der Waals surface area contributed by atoms with Crippen LogP contribution in [0.25, 0.3) is 0 Å². The van der Waals surface area contributed by atoms with E-state index >= 15 is 0 Å². The molecule has 0 unspecified atom stereocenters. The van der Waals surface area contributed by atoms with Crippen LogP contribution in [0, 0.1) is 0 Å². The molecule has 18 heavy (non-hydrogen) atoms. The number of ether oxygens (including phenoxy) is 1. The van der Waals surface area contributed by atoms with E-state index in [1.807, 2.05) is 24.3 Å². The molecular formula is C13H19N3O2.